The summed E-state index contributed by atoms with van der Waals surface area (Å²) in [6, 6.07) is 6.62. The molecule has 0 spiro atoms. The van der Waals surface area contributed by atoms with Crippen molar-refractivity contribution in [1.82, 2.24) is 19.5 Å². The second-order valence-corrected chi connectivity index (χ2v) is 7.17. The zero-order chi connectivity index (χ0) is 18.5. The standard InChI is InChI=1S/C19H20FN5O.ClH/c1-19(2,26)9-8-14-22-16(21)15-18(23-14)25(13-6-7-13)17(24-15)11-4-3-5-12(20)10-11;/h3-5,8-10,13,26H,6-7H2,1-2H3,(H2,21,22,23);1H/b9-8+;. The zero-order valence-corrected chi connectivity index (χ0v) is 15.9. The summed E-state index contributed by atoms with van der Waals surface area (Å²) in [5.41, 5.74) is 6.96. The number of imidazole rings is 1. The molecular formula is C19H21ClFN5O. The van der Waals surface area contributed by atoms with Crippen molar-refractivity contribution in [1.29, 1.82) is 0 Å². The van der Waals surface area contributed by atoms with Gasteiger partial charge in [-0.25, -0.2) is 19.3 Å². The Hall–Kier alpha value is -2.51. The van der Waals surface area contributed by atoms with Gasteiger partial charge in [0.15, 0.2) is 22.8 Å². The molecule has 0 bridgehead atoms. The number of benzene rings is 1. The summed E-state index contributed by atoms with van der Waals surface area (Å²) < 4.78 is 15.7. The maximum Gasteiger partial charge on any atom is 0.166 e. The molecule has 8 heteroatoms. The van der Waals surface area contributed by atoms with E-state index in [1.807, 2.05) is 10.6 Å². The first kappa shape index (κ1) is 19.3. The van der Waals surface area contributed by atoms with Crippen LogP contribution in [0.1, 0.15) is 38.6 Å². The van der Waals surface area contributed by atoms with Gasteiger partial charge in [-0.2, -0.15) is 0 Å². The van der Waals surface area contributed by atoms with Crippen molar-refractivity contribution in [3.8, 4) is 11.4 Å². The molecule has 0 radical (unpaired) electrons. The van der Waals surface area contributed by atoms with Crippen LogP contribution >= 0.6 is 12.4 Å². The molecule has 0 saturated heterocycles. The number of nitrogens with zero attached hydrogens (tertiary/aromatic N) is 4. The smallest absolute Gasteiger partial charge is 0.166 e. The molecule has 1 aromatic carbocycles. The van der Waals surface area contributed by atoms with Gasteiger partial charge in [0.1, 0.15) is 11.6 Å². The molecule has 1 fully saturated rings. The van der Waals surface area contributed by atoms with E-state index in [0.717, 1.165) is 12.8 Å². The molecule has 2 heterocycles. The summed E-state index contributed by atoms with van der Waals surface area (Å²) in [6.07, 6.45) is 5.29. The Kier molecular flexibility index (Phi) is 4.92. The third kappa shape index (κ3) is 3.94. The van der Waals surface area contributed by atoms with Gasteiger partial charge in [0.25, 0.3) is 0 Å². The van der Waals surface area contributed by atoms with Crippen molar-refractivity contribution in [3.05, 3.63) is 42.0 Å². The first-order valence-corrected chi connectivity index (χ1v) is 8.55. The number of halogens is 2. The minimum Gasteiger partial charge on any atom is -0.386 e. The van der Waals surface area contributed by atoms with Gasteiger partial charge in [-0.1, -0.05) is 12.1 Å². The summed E-state index contributed by atoms with van der Waals surface area (Å²) in [7, 11) is 0. The highest BCUT2D eigenvalue weighted by Gasteiger charge is 2.30. The fraction of sp³-hybridized carbons (Fsp3) is 0.316. The molecule has 4 rings (SSSR count). The zero-order valence-electron chi connectivity index (χ0n) is 15.1. The normalized spacial score (nSPS) is 14.7. The minimum absolute atomic E-state index is 0. The average molecular weight is 390 g/mol. The Morgan fingerprint density at radius 1 is 1.26 bits per heavy atom. The van der Waals surface area contributed by atoms with E-state index < -0.39 is 5.60 Å². The van der Waals surface area contributed by atoms with Gasteiger partial charge in [0, 0.05) is 11.6 Å². The summed E-state index contributed by atoms with van der Waals surface area (Å²) in [5.74, 6) is 1.00. The number of nitrogens with two attached hydrogens (primary N) is 1. The lowest BCUT2D eigenvalue weighted by molar-refractivity contribution is 0.134. The molecule has 0 unspecified atom stereocenters. The molecule has 3 N–H and O–H groups in total. The predicted molar refractivity (Wildman–Crippen MR) is 106 cm³/mol. The lowest BCUT2D eigenvalue weighted by Crippen LogP contribution is -2.13. The predicted octanol–water partition coefficient (Wildman–Crippen LogP) is 3.76. The molecule has 1 aliphatic carbocycles. The monoisotopic (exact) mass is 389 g/mol. The molecular weight excluding hydrogens is 369 g/mol. The van der Waals surface area contributed by atoms with Gasteiger partial charge in [0.2, 0.25) is 0 Å². The van der Waals surface area contributed by atoms with Crippen LogP contribution in [-0.4, -0.2) is 30.2 Å². The lowest BCUT2D eigenvalue weighted by Gasteiger charge is -2.10. The van der Waals surface area contributed by atoms with Crippen LogP contribution in [0.25, 0.3) is 28.6 Å². The number of aromatic nitrogens is 4. The highest BCUT2D eigenvalue weighted by Crippen LogP contribution is 2.41. The van der Waals surface area contributed by atoms with Crippen molar-refractivity contribution in [2.75, 3.05) is 5.73 Å². The van der Waals surface area contributed by atoms with Crippen LogP contribution in [0.4, 0.5) is 10.2 Å². The second-order valence-electron chi connectivity index (χ2n) is 7.17. The average Bonchev–Trinajstić information content (AvgIpc) is 3.32. The first-order valence-electron chi connectivity index (χ1n) is 8.55. The van der Waals surface area contributed by atoms with Gasteiger partial charge in [0.05, 0.1) is 5.60 Å². The van der Waals surface area contributed by atoms with Crippen molar-refractivity contribution in [3.63, 3.8) is 0 Å². The molecule has 0 amide bonds. The summed E-state index contributed by atoms with van der Waals surface area (Å²) >= 11 is 0. The second kappa shape index (κ2) is 6.90. The molecule has 6 nitrogen and oxygen atoms in total. The van der Waals surface area contributed by atoms with Crippen LogP contribution in [0.2, 0.25) is 0 Å². The lowest BCUT2D eigenvalue weighted by atomic mass is 10.1. The van der Waals surface area contributed by atoms with Crippen LogP contribution in [0, 0.1) is 5.82 Å². The largest absolute Gasteiger partial charge is 0.386 e. The molecule has 0 atom stereocenters. The van der Waals surface area contributed by atoms with E-state index in [9.17, 15) is 9.50 Å². The minimum atomic E-state index is -0.976. The molecule has 1 saturated carbocycles. The molecule has 27 heavy (non-hydrogen) atoms. The van der Waals surface area contributed by atoms with E-state index in [0.29, 0.717) is 28.4 Å². The van der Waals surface area contributed by atoms with Crippen LogP contribution in [0.5, 0.6) is 0 Å². The van der Waals surface area contributed by atoms with Crippen LogP contribution < -0.4 is 5.73 Å². The number of rotatable bonds is 4. The quantitative estimate of drug-likeness (QED) is 0.709. The number of hydrogen-bond donors (Lipinski definition) is 2. The molecule has 1 aliphatic rings. The highest BCUT2D eigenvalue weighted by atomic mass is 35.5. The Morgan fingerprint density at radius 3 is 2.63 bits per heavy atom. The number of hydrogen-bond acceptors (Lipinski definition) is 5. The third-order valence-electron chi connectivity index (χ3n) is 4.22. The highest BCUT2D eigenvalue weighted by molar-refractivity contribution is 5.86. The van der Waals surface area contributed by atoms with E-state index in [4.69, 9.17) is 5.73 Å². The molecule has 142 valence electrons. The SMILES string of the molecule is CC(C)(O)/C=C/c1nc(N)c2nc(-c3cccc(F)c3)n(C3CC3)c2n1.Cl. The van der Waals surface area contributed by atoms with Crippen LogP contribution in [0.15, 0.2) is 30.3 Å². The fourth-order valence-corrected chi connectivity index (χ4v) is 2.88. The van der Waals surface area contributed by atoms with Gasteiger partial charge in [-0.05, 0) is 51.0 Å². The van der Waals surface area contributed by atoms with Gasteiger partial charge in [-0.3, -0.25) is 0 Å². The van der Waals surface area contributed by atoms with E-state index in [2.05, 4.69) is 15.0 Å². The van der Waals surface area contributed by atoms with Gasteiger partial charge in [-0.15, -0.1) is 12.4 Å². The molecule has 2 aromatic heterocycles. The van der Waals surface area contributed by atoms with E-state index >= 15 is 0 Å². The maximum absolute atomic E-state index is 13.7. The van der Waals surface area contributed by atoms with Gasteiger partial charge < -0.3 is 15.4 Å². The van der Waals surface area contributed by atoms with E-state index in [1.54, 1.807) is 32.1 Å². The fourth-order valence-electron chi connectivity index (χ4n) is 2.88. The Labute approximate surface area is 162 Å². The van der Waals surface area contributed by atoms with E-state index in [-0.39, 0.29) is 30.1 Å². The summed E-state index contributed by atoms with van der Waals surface area (Å²) in [5, 5.41) is 9.87. The Morgan fingerprint density at radius 2 is 2.00 bits per heavy atom. The Bertz CT molecular complexity index is 1020. The van der Waals surface area contributed by atoms with Crippen molar-refractivity contribution >= 4 is 35.5 Å². The maximum atomic E-state index is 13.7. The van der Waals surface area contributed by atoms with Gasteiger partial charge >= 0.3 is 0 Å². The third-order valence-corrected chi connectivity index (χ3v) is 4.22. The topological polar surface area (TPSA) is 89.9 Å². The number of aliphatic hydroxyl groups is 1. The van der Waals surface area contributed by atoms with Crippen LogP contribution in [-0.2, 0) is 0 Å². The van der Waals surface area contributed by atoms with Crippen molar-refractivity contribution < 1.29 is 9.50 Å². The van der Waals surface area contributed by atoms with Crippen molar-refractivity contribution in [2.24, 2.45) is 0 Å². The summed E-state index contributed by atoms with van der Waals surface area (Å²) in [6.45, 7) is 3.34. The van der Waals surface area contributed by atoms with Crippen LogP contribution in [0.3, 0.4) is 0 Å². The van der Waals surface area contributed by atoms with Crippen molar-refractivity contribution in [2.45, 2.75) is 38.3 Å². The first-order chi connectivity index (χ1) is 12.3. The Balaban J connectivity index is 0.00000210. The number of anilines is 1. The molecule has 3 aromatic rings. The molecule has 0 aliphatic heterocycles. The number of nitrogen functional groups attached to an aromatic ring is 1. The number of fused-ring (bicyclic) bond motifs is 1. The van der Waals surface area contributed by atoms with E-state index in [1.165, 1.54) is 12.1 Å². The summed E-state index contributed by atoms with van der Waals surface area (Å²) in [4.78, 5) is 13.5.